The Labute approximate surface area is 211 Å². The Bertz CT molecular complexity index is 1240. The molecule has 0 saturated heterocycles. The smallest absolute Gasteiger partial charge is 0.422 e. The number of halogens is 3. The summed E-state index contributed by atoms with van der Waals surface area (Å²) in [6.07, 6.45) is 2.11. The third-order valence-electron chi connectivity index (χ3n) is 5.45. The number of pyridine rings is 1. The highest BCUT2D eigenvalue weighted by Gasteiger charge is 2.31. The molecule has 37 heavy (non-hydrogen) atoms. The number of nitrogens with zero attached hydrogens (tertiary/aromatic N) is 3. The van der Waals surface area contributed by atoms with Crippen molar-refractivity contribution in [2.75, 3.05) is 19.7 Å². The Balaban J connectivity index is 1.30. The maximum absolute atomic E-state index is 12.8. The molecule has 1 atom stereocenters. The molecule has 0 aliphatic carbocycles. The van der Waals surface area contributed by atoms with Gasteiger partial charge in [-0.15, -0.1) is 0 Å². The first-order valence-electron chi connectivity index (χ1n) is 11.5. The van der Waals surface area contributed by atoms with E-state index in [9.17, 15) is 22.8 Å². The maximum Gasteiger partial charge on any atom is 0.422 e. The summed E-state index contributed by atoms with van der Waals surface area (Å²) >= 11 is 0. The summed E-state index contributed by atoms with van der Waals surface area (Å²) in [5.74, 6) is -0.672. The number of hydrogen-bond acceptors (Lipinski definition) is 7. The average Bonchev–Trinajstić information content (AvgIpc) is 3.28. The van der Waals surface area contributed by atoms with Gasteiger partial charge in [-0.2, -0.15) is 13.2 Å². The number of nitrogens with one attached hydrogen (secondary N) is 3. The number of carbonyl (C=O) groups excluding carboxylic acids is 2. The number of benzene rings is 1. The quantitative estimate of drug-likeness (QED) is 0.444. The van der Waals surface area contributed by atoms with E-state index in [1.54, 1.807) is 60.7 Å². The molecule has 0 radical (unpaired) electrons. The van der Waals surface area contributed by atoms with Crippen molar-refractivity contribution < 1.29 is 27.5 Å². The fourth-order valence-corrected chi connectivity index (χ4v) is 3.78. The number of fused-ring (bicyclic) bond motifs is 1. The molecule has 0 spiro atoms. The number of hydrogen-bond donors (Lipinski definition) is 3. The van der Waals surface area contributed by atoms with Gasteiger partial charge < -0.3 is 20.4 Å². The molecule has 3 heterocycles. The molecule has 2 aromatic rings. The van der Waals surface area contributed by atoms with Crippen molar-refractivity contribution in [1.82, 2.24) is 26.1 Å². The molecule has 4 rings (SSSR count). The zero-order chi connectivity index (χ0) is 26.4. The van der Waals surface area contributed by atoms with Crippen molar-refractivity contribution in [2.24, 2.45) is 4.99 Å². The highest BCUT2D eigenvalue weighted by Crippen LogP contribution is 2.23. The van der Waals surface area contributed by atoms with Gasteiger partial charge in [-0.05, 0) is 36.8 Å². The monoisotopic (exact) mass is 514 g/mol. The number of alkyl halides is 3. The van der Waals surface area contributed by atoms with Gasteiger partial charge >= 0.3 is 6.18 Å². The van der Waals surface area contributed by atoms with Gasteiger partial charge in [0, 0.05) is 48.4 Å². The van der Waals surface area contributed by atoms with Gasteiger partial charge in [0.2, 0.25) is 5.88 Å². The van der Waals surface area contributed by atoms with Crippen LogP contribution in [-0.4, -0.2) is 59.4 Å². The number of ether oxygens (including phenoxy) is 1. The first kappa shape index (κ1) is 25.9. The van der Waals surface area contributed by atoms with Crippen LogP contribution in [0.25, 0.3) is 0 Å². The van der Waals surface area contributed by atoms with Gasteiger partial charge in [0.1, 0.15) is 5.71 Å². The zero-order valence-electron chi connectivity index (χ0n) is 19.9. The molecule has 9 nitrogen and oxygen atoms in total. The van der Waals surface area contributed by atoms with Crippen LogP contribution in [-0.2, 0) is 11.3 Å². The van der Waals surface area contributed by atoms with Crippen LogP contribution < -0.4 is 20.8 Å². The Morgan fingerprint density at radius 2 is 1.86 bits per heavy atom. The number of aromatic nitrogens is 1. The van der Waals surface area contributed by atoms with Gasteiger partial charge in [0.15, 0.2) is 6.61 Å². The van der Waals surface area contributed by atoms with Crippen molar-refractivity contribution in [2.45, 2.75) is 25.7 Å². The van der Waals surface area contributed by atoms with Crippen LogP contribution in [0.2, 0.25) is 0 Å². The molecule has 0 bridgehead atoms. The minimum Gasteiger partial charge on any atom is -0.468 e. The fourth-order valence-electron chi connectivity index (χ4n) is 3.78. The number of aryl methyl sites for hydroxylation is 1. The van der Waals surface area contributed by atoms with Crippen molar-refractivity contribution in [3.63, 3.8) is 0 Å². The first-order chi connectivity index (χ1) is 17.7. The highest BCUT2D eigenvalue weighted by molar-refractivity contribution is 6.46. The van der Waals surface area contributed by atoms with Crippen molar-refractivity contribution in [1.29, 1.82) is 0 Å². The number of hydrazine groups is 1. The van der Waals surface area contributed by atoms with Crippen molar-refractivity contribution >= 4 is 17.5 Å². The second-order valence-electron chi connectivity index (χ2n) is 8.39. The summed E-state index contributed by atoms with van der Waals surface area (Å²) in [6.45, 7) is 1.05. The normalized spacial score (nSPS) is 16.5. The van der Waals surface area contributed by atoms with Crippen LogP contribution in [0.4, 0.5) is 13.2 Å². The minimum atomic E-state index is -4.44. The molecule has 3 N–H and O–H groups in total. The van der Waals surface area contributed by atoms with Crippen LogP contribution in [0.15, 0.2) is 71.6 Å². The minimum absolute atomic E-state index is 0.0727. The second-order valence-corrected chi connectivity index (χ2v) is 8.39. The summed E-state index contributed by atoms with van der Waals surface area (Å²) in [7, 11) is 0. The average molecular weight is 515 g/mol. The molecule has 2 amide bonds. The first-order valence-corrected chi connectivity index (χ1v) is 11.5. The second kappa shape index (κ2) is 11.2. The molecule has 0 saturated carbocycles. The molecule has 1 unspecified atom stereocenters. The van der Waals surface area contributed by atoms with E-state index in [4.69, 9.17) is 4.74 Å². The summed E-state index contributed by atoms with van der Waals surface area (Å²) in [4.78, 5) is 33.1. The SMILES string of the molecule is Cc1cc(CN2C=C3C(C(=O)NCCNC(=O)c4ccccc4)=NC=CC3N2)cnc1OCC(F)(F)F. The van der Waals surface area contributed by atoms with Gasteiger partial charge in [-0.3, -0.25) is 14.6 Å². The van der Waals surface area contributed by atoms with Crippen LogP contribution in [0.5, 0.6) is 5.88 Å². The van der Waals surface area contributed by atoms with Gasteiger partial charge in [0.25, 0.3) is 11.8 Å². The summed E-state index contributed by atoms with van der Waals surface area (Å²) in [5.41, 5.74) is 5.91. The van der Waals surface area contributed by atoms with E-state index in [1.807, 2.05) is 6.07 Å². The molecule has 2 aliphatic rings. The zero-order valence-corrected chi connectivity index (χ0v) is 19.9. The summed E-state index contributed by atoms with van der Waals surface area (Å²) in [6, 6.07) is 10.2. The third-order valence-corrected chi connectivity index (χ3v) is 5.45. The van der Waals surface area contributed by atoms with Gasteiger partial charge in [-0.25, -0.2) is 10.4 Å². The molecular weight excluding hydrogens is 489 g/mol. The Kier molecular flexibility index (Phi) is 7.87. The Hall–Kier alpha value is -4.19. The van der Waals surface area contributed by atoms with E-state index in [0.717, 1.165) is 5.56 Å². The molecule has 1 aromatic heterocycles. The number of carbonyl (C=O) groups is 2. The summed E-state index contributed by atoms with van der Waals surface area (Å²) in [5, 5.41) is 7.27. The van der Waals surface area contributed by atoms with E-state index < -0.39 is 12.8 Å². The largest absolute Gasteiger partial charge is 0.468 e. The van der Waals surface area contributed by atoms with Gasteiger partial charge in [-0.1, -0.05) is 18.2 Å². The van der Waals surface area contributed by atoms with E-state index in [0.29, 0.717) is 23.2 Å². The lowest BCUT2D eigenvalue weighted by atomic mass is 10.0. The third kappa shape index (κ3) is 6.94. The maximum atomic E-state index is 12.8. The van der Waals surface area contributed by atoms with Crippen molar-refractivity contribution in [3.05, 3.63) is 83.3 Å². The van der Waals surface area contributed by atoms with Gasteiger partial charge in [0.05, 0.1) is 12.6 Å². The lowest BCUT2D eigenvalue weighted by Crippen LogP contribution is -2.41. The van der Waals surface area contributed by atoms with E-state index in [-0.39, 0.29) is 42.5 Å². The van der Waals surface area contributed by atoms with E-state index >= 15 is 0 Å². The van der Waals surface area contributed by atoms with Crippen LogP contribution in [0.1, 0.15) is 21.5 Å². The molecule has 0 fully saturated rings. The number of rotatable bonds is 9. The number of amides is 2. The Morgan fingerprint density at radius 1 is 1.14 bits per heavy atom. The summed E-state index contributed by atoms with van der Waals surface area (Å²) < 4.78 is 42.0. The Morgan fingerprint density at radius 3 is 2.57 bits per heavy atom. The van der Waals surface area contributed by atoms with Crippen molar-refractivity contribution in [3.8, 4) is 5.88 Å². The molecule has 1 aromatic carbocycles. The molecular formula is C25H25F3N6O3. The highest BCUT2D eigenvalue weighted by atomic mass is 19.4. The molecule has 194 valence electrons. The standard InChI is InChI=1S/C25H25F3N6O3/c1-16-11-17(12-32-24(16)37-15-25(26,27)28)13-34-14-19-20(33-34)7-8-29-21(19)23(36)31-10-9-30-22(35)18-5-3-2-4-6-18/h2-8,11-12,14,20,33H,9-10,13,15H2,1H3,(H,30,35)(H,31,36). The topological polar surface area (TPSA) is 108 Å². The van der Waals surface area contributed by atoms with Crippen LogP contribution >= 0.6 is 0 Å². The molecule has 2 aliphatic heterocycles. The lowest BCUT2D eigenvalue weighted by molar-refractivity contribution is -0.154. The van der Waals surface area contributed by atoms with Crippen LogP contribution in [0.3, 0.4) is 0 Å². The lowest BCUT2D eigenvalue weighted by Gasteiger charge is -2.20. The van der Waals surface area contributed by atoms with Crippen LogP contribution in [0, 0.1) is 6.92 Å². The number of aliphatic imine (C=N–C) groups is 1. The predicted molar refractivity (Wildman–Crippen MR) is 129 cm³/mol. The molecule has 12 heteroatoms. The van der Waals surface area contributed by atoms with E-state index in [2.05, 4.69) is 26.0 Å². The predicted octanol–water partition coefficient (Wildman–Crippen LogP) is 2.42. The fraction of sp³-hybridized carbons (Fsp3) is 0.280. The van der Waals surface area contributed by atoms with E-state index in [1.165, 1.54) is 6.20 Å².